The van der Waals surface area contributed by atoms with E-state index in [1.807, 2.05) is 0 Å². The number of aromatic nitrogens is 1. The zero-order valence-corrected chi connectivity index (χ0v) is 42.3. The van der Waals surface area contributed by atoms with Crippen molar-refractivity contribution in [2.45, 2.75) is 155 Å². The van der Waals surface area contributed by atoms with Crippen LogP contribution in [0.15, 0.2) is 121 Å². The molecule has 2 atom stereocenters. The highest BCUT2D eigenvalue weighted by Gasteiger charge is 2.61. The molecule has 0 bridgehead atoms. The second-order valence-corrected chi connectivity index (χ2v) is 25.0. The molecule has 2 unspecified atom stereocenters. The number of benzene rings is 6. The van der Waals surface area contributed by atoms with Crippen LogP contribution in [-0.4, -0.2) is 16.8 Å². The van der Waals surface area contributed by atoms with Gasteiger partial charge in [-0.15, -0.1) is 0 Å². The van der Waals surface area contributed by atoms with Crippen molar-refractivity contribution in [2.75, 3.05) is 9.80 Å². The number of hydrogen-bond acceptors (Lipinski definition) is 2. The van der Waals surface area contributed by atoms with E-state index in [2.05, 4.69) is 233 Å². The van der Waals surface area contributed by atoms with E-state index in [1.54, 1.807) is 5.56 Å². The van der Waals surface area contributed by atoms with Gasteiger partial charge in [0.25, 0.3) is 6.71 Å². The third-order valence-corrected chi connectivity index (χ3v) is 16.7. The highest BCUT2D eigenvalue weighted by molar-refractivity contribution is 7.00. The molecule has 4 aliphatic rings. The summed E-state index contributed by atoms with van der Waals surface area (Å²) in [6, 6.07) is 47.8. The second kappa shape index (κ2) is 14.0. The van der Waals surface area contributed by atoms with E-state index in [9.17, 15) is 0 Å². The van der Waals surface area contributed by atoms with Gasteiger partial charge in [-0.3, -0.25) is 0 Å². The van der Waals surface area contributed by atoms with Gasteiger partial charge in [-0.25, -0.2) is 0 Å². The van der Waals surface area contributed by atoms with Crippen LogP contribution in [0.3, 0.4) is 0 Å². The minimum atomic E-state index is -0.122. The highest BCUT2D eigenvalue weighted by Crippen LogP contribution is 2.62. The molecule has 0 spiro atoms. The fourth-order valence-electron chi connectivity index (χ4n) is 12.9. The quantitative estimate of drug-likeness (QED) is 0.163. The predicted octanol–water partition coefficient (Wildman–Crippen LogP) is 14.8. The summed E-state index contributed by atoms with van der Waals surface area (Å²) in [5, 5.41) is 1.36. The lowest BCUT2D eigenvalue weighted by Gasteiger charge is -2.52. The number of hydrogen-bond donors (Lipinski definition) is 0. The smallest absolute Gasteiger partial charge is 0.252 e. The minimum Gasteiger partial charge on any atom is -0.335 e. The third kappa shape index (κ3) is 6.08. The first kappa shape index (κ1) is 43.1. The molecule has 3 nitrogen and oxygen atoms in total. The molecule has 0 amide bonds. The lowest BCUT2D eigenvalue weighted by Crippen LogP contribution is -2.64. The Hall–Kier alpha value is -5.48. The molecular formula is C62H70BN3. The molecule has 0 radical (unpaired) electrons. The summed E-state index contributed by atoms with van der Waals surface area (Å²) in [4.78, 5) is 5.46. The van der Waals surface area contributed by atoms with Gasteiger partial charge in [0.2, 0.25) is 0 Å². The third-order valence-electron chi connectivity index (χ3n) is 16.7. The number of para-hydroxylation sites is 1. The maximum Gasteiger partial charge on any atom is 0.252 e. The molecule has 11 rings (SSSR count). The van der Waals surface area contributed by atoms with E-state index in [0.717, 1.165) is 6.42 Å². The van der Waals surface area contributed by atoms with Crippen LogP contribution in [0.1, 0.15) is 150 Å². The van der Waals surface area contributed by atoms with Gasteiger partial charge < -0.3 is 14.4 Å². The Morgan fingerprint density at radius 1 is 0.530 bits per heavy atom. The number of fused-ring (bicyclic) bond motifs is 7. The van der Waals surface area contributed by atoms with E-state index in [4.69, 9.17) is 0 Å². The van der Waals surface area contributed by atoms with Crippen molar-refractivity contribution in [1.29, 1.82) is 0 Å². The Morgan fingerprint density at radius 2 is 1.11 bits per heavy atom. The van der Waals surface area contributed by atoms with Crippen molar-refractivity contribution in [2.24, 2.45) is 0 Å². The molecule has 4 heterocycles. The van der Waals surface area contributed by atoms with Crippen molar-refractivity contribution in [3.63, 3.8) is 0 Å². The summed E-state index contributed by atoms with van der Waals surface area (Å²) in [5.41, 5.74) is 22.9. The van der Waals surface area contributed by atoms with Crippen molar-refractivity contribution in [1.82, 2.24) is 4.57 Å². The van der Waals surface area contributed by atoms with Gasteiger partial charge in [0, 0.05) is 44.8 Å². The van der Waals surface area contributed by atoms with Gasteiger partial charge in [-0.05, 0) is 128 Å². The van der Waals surface area contributed by atoms with Crippen LogP contribution in [0.4, 0.5) is 28.4 Å². The van der Waals surface area contributed by atoms with Crippen LogP contribution in [0.25, 0.3) is 27.8 Å². The van der Waals surface area contributed by atoms with Crippen LogP contribution in [0.2, 0.25) is 0 Å². The summed E-state index contributed by atoms with van der Waals surface area (Å²) in [6.07, 6.45) is 4.86. The van der Waals surface area contributed by atoms with E-state index >= 15 is 0 Å². The van der Waals surface area contributed by atoms with E-state index in [-0.39, 0.29) is 39.3 Å². The topological polar surface area (TPSA) is 11.4 Å². The molecule has 7 aromatic rings. The molecule has 1 saturated carbocycles. The van der Waals surface area contributed by atoms with Gasteiger partial charge in [-0.2, -0.15) is 0 Å². The highest BCUT2D eigenvalue weighted by atomic mass is 15.3. The van der Waals surface area contributed by atoms with Gasteiger partial charge in [-0.1, -0.05) is 188 Å². The monoisotopic (exact) mass is 868 g/mol. The van der Waals surface area contributed by atoms with Crippen LogP contribution in [-0.2, 0) is 27.1 Å². The normalized spacial score (nSPS) is 19.8. The average Bonchev–Trinajstić information content (AvgIpc) is 3.72. The minimum absolute atomic E-state index is 0.000300. The number of nitrogens with zero attached hydrogens (tertiary/aromatic N) is 3. The predicted molar refractivity (Wildman–Crippen MR) is 286 cm³/mol. The fraction of sp³-hybridized carbons (Fsp3) is 0.387. The Balaban J connectivity index is 1.31. The zero-order chi connectivity index (χ0) is 46.7. The van der Waals surface area contributed by atoms with E-state index in [0.29, 0.717) is 0 Å². The summed E-state index contributed by atoms with van der Waals surface area (Å²) < 4.78 is 2.72. The molecule has 1 aliphatic carbocycles. The number of anilines is 5. The van der Waals surface area contributed by atoms with Crippen molar-refractivity contribution < 1.29 is 0 Å². The maximum absolute atomic E-state index is 2.91. The molecule has 0 saturated heterocycles. The number of rotatable bonds is 4. The van der Waals surface area contributed by atoms with Gasteiger partial charge in [0.05, 0.1) is 16.9 Å². The summed E-state index contributed by atoms with van der Waals surface area (Å²) in [7, 11) is 0. The lowest BCUT2D eigenvalue weighted by atomic mass is 9.33. The molecule has 66 heavy (non-hydrogen) atoms. The summed E-state index contributed by atoms with van der Waals surface area (Å²) >= 11 is 0. The average molecular weight is 868 g/mol. The molecule has 336 valence electrons. The Morgan fingerprint density at radius 3 is 1.68 bits per heavy atom. The van der Waals surface area contributed by atoms with Crippen LogP contribution >= 0.6 is 0 Å². The molecule has 3 aliphatic heterocycles. The Bertz CT molecular complexity index is 3030. The Labute approximate surface area is 396 Å². The van der Waals surface area contributed by atoms with Crippen molar-refractivity contribution in [3.8, 4) is 16.9 Å². The van der Waals surface area contributed by atoms with Gasteiger partial charge in [0.15, 0.2) is 0 Å². The van der Waals surface area contributed by atoms with Crippen LogP contribution < -0.4 is 26.2 Å². The van der Waals surface area contributed by atoms with Crippen molar-refractivity contribution in [3.05, 3.63) is 149 Å². The first-order valence-corrected chi connectivity index (χ1v) is 24.9. The fourth-order valence-corrected chi connectivity index (χ4v) is 12.9. The van der Waals surface area contributed by atoms with Crippen molar-refractivity contribution >= 4 is 62.4 Å². The van der Waals surface area contributed by atoms with E-state index < -0.39 is 0 Å². The maximum atomic E-state index is 2.91. The first-order chi connectivity index (χ1) is 31.0. The first-order valence-electron chi connectivity index (χ1n) is 24.9. The summed E-state index contributed by atoms with van der Waals surface area (Å²) in [5.74, 6) is 0. The molecule has 4 heteroatoms. The van der Waals surface area contributed by atoms with Gasteiger partial charge in [0.1, 0.15) is 0 Å². The van der Waals surface area contributed by atoms with Crippen LogP contribution in [0, 0.1) is 0 Å². The summed E-state index contributed by atoms with van der Waals surface area (Å²) in [6.45, 7) is 33.7. The molecule has 1 fully saturated rings. The lowest BCUT2D eigenvalue weighted by molar-refractivity contribution is 0.195. The standard InChI is InChI=1S/C62H70BN3/c1-57(2,3)40-25-29-43(30-26-40)64(44-31-27-41(28-32-44)58(4,5)6)45-37-50-53-51(38-45)66-56-47(61(13)33-18-19-34-62(61,66)14)35-42(59(7,8)9)36-49(56)63(53)48-24-20-23-46-52(60(10,11)12)54(65(50)55(46)48)39-21-16-15-17-22-39/h15-17,20-32,35-38H,18-19,33-34H2,1-14H3. The Kier molecular flexibility index (Phi) is 9.17. The second-order valence-electron chi connectivity index (χ2n) is 25.0. The molecular weight excluding hydrogens is 798 g/mol. The zero-order valence-electron chi connectivity index (χ0n) is 42.3. The largest absolute Gasteiger partial charge is 0.335 e. The molecule has 1 aromatic heterocycles. The molecule has 6 aromatic carbocycles. The van der Waals surface area contributed by atoms with Gasteiger partial charge >= 0.3 is 0 Å². The van der Waals surface area contributed by atoms with E-state index in [1.165, 1.54) is 114 Å². The SMILES string of the molecule is CC(C)(C)c1ccc(N(c2ccc(C(C)(C)C)cc2)c2cc3c4c(c2)-n2c(-c5ccccc5)c(C(C)(C)C)c5cccc(c52)B4c2cc(C(C)(C)C)cc4c2N3C2(C)CCCCC42C)cc1. The van der Waals surface area contributed by atoms with Crippen LogP contribution in [0.5, 0.6) is 0 Å². The molecule has 0 N–H and O–H groups in total.